The van der Waals surface area contributed by atoms with Gasteiger partial charge in [-0.25, -0.2) is 0 Å². The number of likely N-dealkylation sites (tertiary alicyclic amines) is 1. The van der Waals surface area contributed by atoms with E-state index in [1.165, 1.54) is 10.9 Å². The summed E-state index contributed by atoms with van der Waals surface area (Å²) in [6, 6.07) is 15.6. The maximum atomic E-state index is 13.4. The molecular formula is C26H24ClN3O3. The number of hydrogen-bond acceptors (Lipinski definition) is 3. The van der Waals surface area contributed by atoms with Crippen molar-refractivity contribution in [2.75, 3.05) is 13.1 Å². The number of halogens is 1. The summed E-state index contributed by atoms with van der Waals surface area (Å²) in [6.45, 7) is 1.40. The summed E-state index contributed by atoms with van der Waals surface area (Å²) in [5, 5.41) is 4.76. The van der Waals surface area contributed by atoms with Gasteiger partial charge in [0, 0.05) is 35.2 Å². The predicted molar refractivity (Wildman–Crippen MR) is 126 cm³/mol. The van der Waals surface area contributed by atoms with E-state index in [1.54, 1.807) is 6.07 Å². The first-order chi connectivity index (χ1) is 16.1. The Morgan fingerprint density at radius 1 is 1.18 bits per heavy atom. The number of aromatic amines is 1. The van der Waals surface area contributed by atoms with Gasteiger partial charge < -0.3 is 19.9 Å². The van der Waals surface area contributed by atoms with Crippen LogP contribution in [0.1, 0.15) is 11.1 Å². The van der Waals surface area contributed by atoms with E-state index in [0.29, 0.717) is 24.7 Å². The summed E-state index contributed by atoms with van der Waals surface area (Å²) < 4.78 is 6.23. The number of para-hydroxylation sites is 1. The fourth-order valence-corrected chi connectivity index (χ4v) is 5.81. The van der Waals surface area contributed by atoms with E-state index >= 15 is 0 Å². The van der Waals surface area contributed by atoms with Crippen LogP contribution in [0.2, 0.25) is 5.02 Å². The van der Waals surface area contributed by atoms with Gasteiger partial charge in [0.05, 0.1) is 24.5 Å². The number of benzene rings is 2. The number of hydrogen-bond donors (Lipinski definition) is 2. The van der Waals surface area contributed by atoms with Crippen molar-refractivity contribution in [2.24, 2.45) is 11.8 Å². The molecule has 1 aromatic heterocycles. The molecule has 33 heavy (non-hydrogen) atoms. The minimum atomic E-state index is -0.700. The molecule has 2 saturated heterocycles. The van der Waals surface area contributed by atoms with Crippen LogP contribution in [0.5, 0.6) is 0 Å². The predicted octanol–water partition coefficient (Wildman–Crippen LogP) is 3.46. The highest BCUT2D eigenvalue weighted by Crippen LogP contribution is 2.51. The number of H-pyrrole nitrogens is 1. The Balaban J connectivity index is 1.17. The lowest BCUT2D eigenvalue weighted by atomic mass is 9.77. The molecule has 0 aliphatic carbocycles. The second kappa shape index (κ2) is 7.75. The van der Waals surface area contributed by atoms with Crippen molar-refractivity contribution < 1.29 is 14.3 Å². The van der Waals surface area contributed by atoms with Crippen LogP contribution < -0.4 is 5.32 Å². The van der Waals surface area contributed by atoms with E-state index in [9.17, 15) is 9.59 Å². The molecule has 2 amide bonds. The molecule has 0 unspecified atom stereocenters. The molecule has 2 bridgehead atoms. The summed E-state index contributed by atoms with van der Waals surface area (Å²) in [5.74, 6) is -1.17. The lowest BCUT2D eigenvalue weighted by Crippen LogP contribution is -2.44. The first kappa shape index (κ1) is 20.5. The molecule has 168 valence electrons. The van der Waals surface area contributed by atoms with E-state index in [1.807, 2.05) is 59.6 Å². The largest absolute Gasteiger partial charge is 0.361 e. The molecule has 0 saturated carbocycles. The normalized spacial score (nSPS) is 27.5. The van der Waals surface area contributed by atoms with Gasteiger partial charge in [0.2, 0.25) is 11.8 Å². The van der Waals surface area contributed by atoms with Crippen molar-refractivity contribution in [1.82, 2.24) is 15.2 Å². The highest BCUT2D eigenvalue weighted by Gasteiger charge is 2.66. The molecule has 7 heteroatoms. The van der Waals surface area contributed by atoms with Crippen molar-refractivity contribution in [3.63, 3.8) is 0 Å². The minimum absolute atomic E-state index is 0.000384. The average Bonchev–Trinajstić information content (AvgIpc) is 3.57. The first-order valence-corrected chi connectivity index (χ1v) is 11.7. The molecule has 4 atom stereocenters. The van der Waals surface area contributed by atoms with Crippen LogP contribution in [0.3, 0.4) is 0 Å². The highest BCUT2D eigenvalue weighted by molar-refractivity contribution is 6.31. The van der Waals surface area contributed by atoms with Gasteiger partial charge in [0.15, 0.2) is 0 Å². The van der Waals surface area contributed by atoms with Gasteiger partial charge in [0.25, 0.3) is 0 Å². The number of aromatic nitrogens is 1. The molecular weight excluding hydrogens is 438 g/mol. The van der Waals surface area contributed by atoms with Gasteiger partial charge >= 0.3 is 0 Å². The summed E-state index contributed by atoms with van der Waals surface area (Å²) >= 11 is 6.22. The zero-order chi connectivity index (χ0) is 22.6. The number of fused-ring (bicyclic) bond motifs is 2. The Morgan fingerprint density at radius 2 is 2.00 bits per heavy atom. The number of ether oxygens (including phenoxy) is 1. The van der Waals surface area contributed by atoms with Crippen LogP contribution in [0.25, 0.3) is 10.9 Å². The lowest BCUT2D eigenvalue weighted by Gasteiger charge is -2.23. The number of carbonyl (C=O) groups excluding carboxylic acids is 2. The molecule has 6 nitrogen and oxygen atoms in total. The summed E-state index contributed by atoms with van der Waals surface area (Å²) in [7, 11) is 0. The van der Waals surface area contributed by atoms with Crippen LogP contribution in [-0.4, -0.2) is 46.5 Å². The van der Waals surface area contributed by atoms with E-state index in [2.05, 4.69) is 16.4 Å². The third-order valence-corrected chi connectivity index (χ3v) is 7.59. The number of rotatable bonds is 6. The molecule has 3 aliphatic heterocycles. The van der Waals surface area contributed by atoms with Crippen molar-refractivity contribution in [3.05, 3.63) is 83.0 Å². The lowest BCUT2D eigenvalue weighted by molar-refractivity contribution is -0.137. The third kappa shape index (κ3) is 3.28. The van der Waals surface area contributed by atoms with E-state index in [4.69, 9.17) is 16.3 Å². The zero-order valence-corrected chi connectivity index (χ0v) is 18.7. The smallest absolute Gasteiger partial charge is 0.230 e. The van der Waals surface area contributed by atoms with Gasteiger partial charge in [-0.3, -0.25) is 9.59 Å². The highest BCUT2D eigenvalue weighted by atomic mass is 35.5. The van der Waals surface area contributed by atoms with E-state index in [-0.39, 0.29) is 17.9 Å². The Hall–Kier alpha value is -3.09. The second-order valence-corrected chi connectivity index (χ2v) is 9.49. The molecule has 0 radical (unpaired) electrons. The SMILES string of the molecule is O=C(NCc1ccccc1Cl)[C@H]1[C@H]2C=C[C@@]3(CN(CCc4c[nH]c5ccccc45)C(=O)[C@@H]13)O2. The molecule has 4 heterocycles. The van der Waals surface area contributed by atoms with Gasteiger partial charge in [-0.05, 0) is 29.7 Å². The standard InChI is InChI=1S/C26H24ClN3O3/c27-19-7-3-1-5-17(19)14-29-24(31)22-21-9-11-26(33-21)15-30(25(32)23(22)26)12-10-16-13-28-20-8-4-2-6-18(16)20/h1-9,11,13,21-23,28H,10,12,14-15H2,(H,29,31)/t21-,22+,23-,26+/m1/s1. The Morgan fingerprint density at radius 3 is 2.88 bits per heavy atom. The van der Waals surface area contributed by atoms with E-state index in [0.717, 1.165) is 17.5 Å². The van der Waals surface area contributed by atoms with Crippen molar-refractivity contribution >= 4 is 34.3 Å². The number of nitrogens with zero attached hydrogens (tertiary/aromatic N) is 1. The number of amides is 2. The van der Waals surface area contributed by atoms with Gasteiger partial charge in [-0.15, -0.1) is 0 Å². The fourth-order valence-electron chi connectivity index (χ4n) is 5.60. The fraction of sp³-hybridized carbons (Fsp3) is 0.308. The third-order valence-electron chi connectivity index (χ3n) is 7.22. The van der Waals surface area contributed by atoms with Crippen LogP contribution in [-0.2, 0) is 27.3 Å². The summed E-state index contributed by atoms with van der Waals surface area (Å²) in [6.07, 6.45) is 6.32. The molecule has 6 rings (SSSR count). The molecule has 3 aromatic rings. The maximum absolute atomic E-state index is 13.4. The zero-order valence-electron chi connectivity index (χ0n) is 18.0. The molecule has 2 N–H and O–H groups in total. The van der Waals surface area contributed by atoms with Gasteiger partial charge in [-0.2, -0.15) is 0 Å². The number of nitrogens with one attached hydrogen (secondary N) is 2. The summed E-state index contributed by atoms with van der Waals surface area (Å²) in [5.41, 5.74) is 2.42. The Kier molecular flexibility index (Phi) is 4.82. The topological polar surface area (TPSA) is 74.4 Å². The maximum Gasteiger partial charge on any atom is 0.230 e. The Bertz CT molecular complexity index is 1280. The summed E-state index contributed by atoms with van der Waals surface area (Å²) in [4.78, 5) is 31.7. The van der Waals surface area contributed by atoms with Crippen LogP contribution >= 0.6 is 11.6 Å². The molecule has 2 aromatic carbocycles. The Labute approximate surface area is 196 Å². The number of carbonyl (C=O) groups is 2. The second-order valence-electron chi connectivity index (χ2n) is 9.08. The first-order valence-electron chi connectivity index (χ1n) is 11.3. The van der Waals surface area contributed by atoms with Crippen molar-refractivity contribution in [1.29, 1.82) is 0 Å². The quantitative estimate of drug-likeness (QED) is 0.552. The minimum Gasteiger partial charge on any atom is -0.361 e. The van der Waals surface area contributed by atoms with Crippen LogP contribution in [0.15, 0.2) is 66.9 Å². The van der Waals surface area contributed by atoms with E-state index < -0.39 is 17.4 Å². The monoisotopic (exact) mass is 461 g/mol. The van der Waals surface area contributed by atoms with Crippen LogP contribution in [0.4, 0.5) is 0 Å². The van der Waals surface area contributed by atoms with Crippen molar-refractivity contribution in [2.45, 2.75) is 24.7 Å². The van der Waals surface area contributed by atoms with Crippen LogP contribution in [0, 0.1) is 11.8 Å². The van der Waals surface area contributed by atoms with Gasteiger partial charge in [-0.1, -0.05) is 60.2 Å². The van der Waals surface area contributed by atoms with Gasteiger partial charge in [0.1, 0.15) is 5.60 Å². The average molecular weight is 462 g/mol. The molecule has 1 spiro atoms. The van der Waals surface area contributed by atoms with Crippen molar-refractivity contribution in [3.8, 4) is 0 Å². The molecule has 3 aliphatic rings. The molecule has 2 fully saturated rings.